The van der Waals surface area contributed by atoms with E-state index in [1.54, 1.807) is 6.92 Å². The molecule has 0 unspecified atom stereocenters. The van der Waals surface area contributed by atoms with E-state index in [1.165, 1.54) is 24.3 Å². The molecule has 1 fully saturated rings. The first-order valence-corrected chi connectivity index (χ1v) is 7.47. The van der Waals surface area contributed by atoms with Crippen LogP contribution in [0, 0.1) is 0 Å². The molecule has 1 saturated carbocycles. The number of rotatable bonds is 4. The fourth-order valence-electron chi connectivity index (χ4n) is 2.80. The first kappa shape index (κ1) is 17.4. The lowest BCUT2D eigenvalue weighted by Crippen LogP contribution is -2.35. The van der Waals surface area contributed by atoms with Crippen LogP contribution in [-0.2, 0) is 15.1 Å². The second-order valence-corrected chi connectivity index (χ2v) is 5.80. The third-order valence-corrected chi connectivity index (χ3v) is 3.91. The fraction of sp³-hybridized carbons (Fsp3) is 0.471. The summed E-state index contributed by atoms with van der Waals surface area (Å²) in [6.45, 7) is 5.15. The molecule has 0 spiro atoms. The molecular formula is C17H19F3O3. The Balaban J connectivity index is 2.25. The zero-order valence-corrected chi connectivity index (χ0v) is 12.9. The van der Waals surface area contributed by atoms with Crippen LogP contribution in [0.2, 0.25) is 0 Å². The molecule has 3 nitrogen and oxygen atoms in total. The summed E-state index contributed by atoms with van der Waals surface area (Å²) >= 11 is 0. The average Bonchev–Trinajstić information content (AvgIpc) is 2.47. The van der Waals surface area contributed by atoms with Crippen LogP contribution >= 0.6 is 0 Å². The van der Waals surface area contributed by atoms with Gasteiger partial charge in [0.2, 0.25) is 0 Å². The maximum absolute atomic E-state index is 12.2. The Bertz CT molecular complexity index is 570. The molecule has 0 aliphatic heterocycles. The van der Waals surface area contributed by atoms with E-state index in [1.807, 2.05) is 0 Å². The van der Waals surface area contributed by atoms with Gasteiger partial charge in [0.05, 0.1) is 0 Å². The molecule has 126 valence electrons. The van der Waals surface area contributed by atoms with Crippen molar-refractivity contribution >= 4 is 5.97 Å². The lowest BCUT2D eigenvalue weighted by molar-refractivity contribution is -0.274. The molecule has 0 aromatic heterocycles. The van der Waals surface area contributed by atoms with Crippen LogP contribution in [0.1, 0.15) is 44.6 Å². The van der Waals surface area contributed by atoms with E-state index in [0.29, 0.717) is 24.0 Å². The normalized spacial score (nSPS) is 17.4. The Morgan fingerprint density at radius 1 is 1.13 bits per heavy atom. The third kappa shape index (κ3) is 4.50. The number of hydrogen-bond donors (Lipinski definition) is 0. The molecule has 1 aliphatic rings. The highest BCUT2D eigenvalue weighted by Crippen LogP contribution is 2.41. The first-order chi connectivity index (χ1) is 10.7. The van der Waals surface area contributed by atoms with Crippen molar-refractivity contribution in [2.45, 2.75) is 51.0 Å². The second kappa shape index (κ2) is 6.64. The summed E-state index contributed by atoms with van der Waals surface area (Å²) in [6.07, 6.45) is -0.608. The van der Waals surface area contributed by atoms with Crippen LogP contribution in [0.5, 0.6) is 5.75 Å². The van der Waals surface area contributed by atoms with Crippen molar-refractivity contribution in [1.29, 1.82) is 0 Å². The van der Waals surface area contributed by atoms with E-state index >= 15 is 0 Å². The number of halogens is 3. The Kier molecular flexibility index (Phi) is 5.02. The lowest BCUT2D eigenvalue weighted by atomic mass is 9.79. The molecule has 0 amide bonds. The van der Waals surface area contributed by atoms with Crippen molar-refractivity contribution < 1.29 is 27.4 Å². The molecule has 1 aromatic rings. The van der Waals surface area contributed by atoms with Gasteiger partial charge >= 0.3 is 12.3 Å². The van der Waals surface area contributed by atoms with Gasteiger partial charge in [0.15, 0.2) is 0 Å². The van der Waals surface area contributed by atoms with Gasteiger partial charge in [0.25, 0.3) is 0 Å². The summed E-state index contributed by atoms with van der Waals surface area (Å²) in [7, 11) is 0. The Morgan fingerprint density at radius 2 is 1.70 bits per heavy atom. The average molecular weight is 328 g/mol. The van der Waals surface area contributed by atoms with Crippen molar-refractivity contribution in [2.24, 2.45) is 0 Å². The largest absolute Gasteiger partial charge is 0.573 e. The van der Waals surface area contributed by atoms with Crippen molar-refractivity contribution in [3.8, 4) is 5.75 Å². The van der Waals surface area contributed by atoms with Crippen molar-refractivity contribution in [3.05, 3.63) is 42.0 Å². The van der Waals surface area contributed by atoms with Gasteiger partial charge in [-0.05, 0) is 50.3 Å². The van der Waals surface area contributed by atoms with E-state index in [2.05, 4.69) is 11.3 Å². The van der Waals surface area contributed by atoms with Gasteiger partial charge < -0.3 is 9.47 Å². The van der Waals surface area contributed by atoms with E-state index in [9.17, 15) is 18.0 Å². The van der Waals surface area contributed by atoms with Crippen molar-refractivity contribution in [1.82, 2.24) is 0 Å². The summed E-state index contributed by atoms with van der Waals surface area (Å²) in [5.74, 6) is -0.777. The number of esters is 1. The number of alkyl halides is 3. The predicted octanol–water partition coefficient (Wildman–Crippen LogP) is 4.86. The zero-order valence-electron chi connectivity index (χ0n) is 12.9. The molecule has 0 bridgehead atoms. The van der Waals surface area contributed by atoms with Crippen LogP contribution in [0.4, 0.5) is 13.2 Å². The highest BCUT2D eigenvalue weighted by atomic mass is 19.4. The minimum absolute atomic E-state index is 0.293. The molecule has 6 heteroatoms. The highest BCUT2D eigenvalue weighted by molar-refractivity contribution is 5.87. The molecule has 0 atom stereocenters. The molecule has 0 saturated heterocycles. The molecule has 1 aromatic carbocycles. The number of ether oxygens (including phenoxy) is 2. The van der Waals surface area contributed by atoms with E-state index in [-0.39, 0.29) is 5.75 Å². The predicted molar refractivity (Wildman–Crippen MR) is 78.8 cm³/mol. The molecule has 1 aliphatic carbocycles. The van der Waals surface area contributed by atoms with Gasteiger partial charge in [0, 0.05) is 5.57 Å². The van der Waals surface area contributed by atoms with Crippen LogP contribution in [0.25, 0.3) is 0 Å². The quantitative estimate of drug-likeness (QED) is 0.585. The Labute approximate surface area is 133 Å². The highest BCUT2D eigenvalue weighted by Gasteiger charge is 2.38. The van der Waals surface area contributed by atoms with E-state index in [0.717, 1.165) is 19.3 Å². The van der Waals surface area contributed by atoms with E-state index < -0.39 is 17.9 Å². The minimum atomic E-state index is -4.73. The zero-order chi connectivity index (χ0) is 17.1. The van der Waals surface area contributed by atoms with Gasteiger partial charge in [-0.15, -0.1) is 13.2 Å². The second-order valence-electron chi connectivity index (χ2n) is 5.80. The maximum atomic E-state index is 12.2. The standard InChI is InChI=1S/C17H19F3O3/c1-12(2)15(21)23-16(10-4-3-5-11-16)13-6-8-14(9-7-13)22-17(18,19)20/h6-9H,1,3-5,10-11H2,2H3. The smallest absolute Gasteiger partial charge is 0.451 e. The molecule has 2 rings (SSSR count). The molecule has 0 heterocycles. The van der Waals surface area contributed by atoms with Crippen molar-refractivity contribution in [3.63, 3.8) is 0 Å². The summed E-state index contributed by atoms with van der Waals surface area (Å²) < 4.78 is 46.2. The lowest BCUT2D eigenvalue weighted by Gasteiger charge is -2.37. The Morgan fingerprint density at radius 3 is 2.17 bits per heavy atom. The molecule has 0 N–H and O–H groups in total. The van der Waals surface area contributed by atoms with Crippen LogP contribution in [0.15, 0.2) is 36.4 Å². The minimum Gasteiger partial charge on any atom is -0.451 e. The molecule has 23 heavy (non-hydrogen) atoms. The maximum Gasteiger partial charge on any atom is 0.573 e. The first-order valence-electron chi connectivity index (χ1n) is 7.47. The summed E-state index contributed by atoms with van der Waals surface area (Å²) in [6, 6.07) is 5.54. The summed E-state index contributed by atoms with van der Waals surface area (Å²) in [4.78, 5) is 11.9. The monoisotopic (exact) mass is 328 g/mol. The van der Waals surface area contributed by atoms with Crippen molar-refractivity contribution in [2.75, 3.05) is 0 Å². The van der Waals surface area contributed by atoms with Gasteiger partial charge in [-0.1, -0.05) is 25.1 Å². The summed E-state index contributed by atoms with van der Waals surface area (Å²) in [5.41, 5.74) is 0.179. The van der Waals surface area contributed by atoms with Gasteiger partial charge in [-0.25, -0.2) is 4.79 Å². The van der Waals surface area contributed by atoms with Gasteiger partial charge in [0.1, 0.15) is 11.4 Å². The fourth-order valence-corrected chi connectivity index (χ4v) is 2.80. The van der Waals surface area contributed by atoms with Gasteiger partial charge in [-0.3, -0.25) is 0 Å². The van der Waals surface area contributed by atoms with Crippen LogP contribution in [-0.4, -0.2) is 12.3 Å². The summed E-state index contributed by atoms with van der Waals surface area (Å²) in [5, 5.41) is 0. The number of carbonyl (C=O) groups is 1. The number of hydrogen-bond acceptors (Lipinski definition) is 3. The van der Waals surface area contributed by atoms with Crippen LogP contribution in [0.3, 0.4) is 0 Å². The van der Waals surface area contributed by atoms with Crippen LogP contribution < -0.4 is 4.74 Å². The van der Waals surface area contributed by atoms with E-state index in [4.69, 9.17) is 4.74 Å². The number of carbonyl (C=O) groups excluding carboxylic acids is 1. The molecule has 0 radical (unpaired) electrons. The number of benzene rings is 1. The third-order valence-electron chi connectivity index (χ3n) is 3.91. The molecular weight excluding hydrogens is 309 g/mol. The SMILES string of the molecule is C=C(C)C(=O)OC1(c2ccc(OC(F)(F)F)cc2)CCCCC1. The Hall–Kier alpha value is -1.98. The topological polar surface area (TPSA) is 35.5 Å². The van der Waals surface area contributed by atoms with Gasteiger partial charge in [-0.2, -0.15) is 0 Å².